The van der Waals surface area contributed by atoms with Crippen molar-refractivity contribution in [2.75, 3.05) is 20.1 Å². The fourth-order valence-electron chi connectivity index (χ4n) is 1.18. The molecule has 92 valence electrons. The molecule has 0 aliphatic carbocycles. The number of aryl methyl sites for hydroxylation is 1. The van der Waals surface area contributed by atoms with Gasteiger partial charge in [0.05, 0.1) is 0 Å². The summed E-state index contributed by atoms with van der Waals surface area (Å²) in [4.78, 5) is 13.1. The molecule has 0 amide bonds. The summed E-state index contributed by atoms with van der Waals surface area (Å²) in [5, 5.41) is 2.92. The van der Waals surface area contributed by atoms with Gasteiger partial charge in [-0.1, -0.05) is 11.3 Å². The molecular formula is C8H15N3O3S2. The van der Waals surface area contributed by atoms with Crippen molar-refractivity contribution in [2.45, 2.75) is 17.6 Å². The summed E-state index contributed by atoms with van der Waals surface area (Å²) in [6.07, 6.45) is 0.702. The summed E-state index contributed by atoms with van der Waals surface area (Å²) < 4.78 is 26.0. The van der Waals surface area contributed by atoms with Crippen molar-refractivity contribution in [1.29, 1.82) is 0 Å². The lowest BCUT2D eigenvalue weighted by Gasteiger charge is -2.04. The second-order valence-corrected chi connectivity index (χ2v) is 6.23. The van der Waals surface area contributed by atoms with Gasteiger partial charge in [0.2, 0.25) is 0 Å². The first-order valence-electron chi connectivity index (χ1n) is 4.81. The molecule has 1 rings (SSSR count). The Morgan fingerprint density at radius 3 is 2.56 bits per heavy atom. The van der Waals surface area contributed by atoms with Crippen molar-refractivity contribution in [2.24, 2.45) is 0 Å². The highest BCUT2D eigenvalue weighted by Crippen LogP contribution is 2.14. The summed E-state index contributed by atoms with van der Waals surface area (Å²) in [5.74, 6) is 0. The Balaban J connectivity index is 2.71. The average Bonchev–Trinajstić information content (AvgIpc) is 2.53. The second kappa shape index (κ2) is 5.58. The highest BCUT2D eigenvalue weighted by atomic mass is 32.2. The molecule has 0 saturated carbocycles. The average molecular weight is 265 g/mol. The summed E-state index contributed by atoms with van der Waals surface area (Å²) in [6.45, 7) is 2.67. The first-order valence-corrected chi connectivity index (χ1v) is 7.11. The molecule has 0 unspecified atom stereocenters. The number of aromatic amines is 1. The van der Waals surface area contributed by atoms with Crippen molar-refractivity contribution in [3.63, 3.8) is 0 Å². The van der Waals surface area contributed by atoms with Gasteiger partial charge >= 0.3 is 4.87 Å². The summed E-state index contributed by atoms with van der Waals surface area (Å²) in [6, 6.07) is 0. The quantitative estimate of drug-likeness (QED) is 0.612. The van der Waals surface area contributed by atoms with Gasteiger partial charge in [-0.05, 0) is 26.9 Å². The van der Waals surface area contributed by atoms with Crippen LogP contribution < -0.4 is 14.9 Å². The lowest BCUT2D eigenvalue weighted by Crippen LogP contribution is -2.26. The molecule has 1 aromatic rings. The van der Waals surface area contributed by atoms with E-state index in [1.807, 2.05) is 0 Å². The maximum absolute atomic E-state index is 11.7. The number of sulfonamides is 1. The number of H-pyrrole nitrogens is 1. The molecule has 0 aliphatic rings. The number of aromatic nitrogens is 1. The molecular weight excluding hydrogens is 250 g/mol. The first-order chi connectivity index (χ1) is 7.47. The molecule has 0 atom stereocenters. The van der Waals surface area contributed by atoms with Crippen LogP contribution in [0.4, 0.5) is 0 Å². The van der Waals surface area contributed by atoms with Crippen LogP contribution in [0.3, 0.4) is 0 Å². The summed E-state index contributed by atoms with van der Waals surface area (Å²) in [7, 11) is -1.74. The van der Waals surface area contributed by atoms with Crippen LogP contribution in [0.2, 0.25) is 0 Å². The van der Waals surface area contributed by atoms with Gasteiger partial charge in [-0.25, -0.2) is 13.1 Å². The first kappa shape index (κ1) is 13.4. The number of hydrogen-bond acceptors (Lipinski definition) is 5. The topological polar surface area (TPSA) is 91.1 Å². The fourth-order valence-corrected chi connectivity index (χ4v) is 3.60. The second-order valence-electron chi connectivity index (χ2n) is 3.28. The van der Waals surface area contributed by atoms with E-state index in [1.54, 1.807) is 14.0 Å². The van der Waals surface area contributed by atoms with E-state index in [0.29, 0.717) is 30.0 Å². The molecule has 6 nitrogen and oxygen atoms in total. The zero-order valence-corrected chi connectivity index (χ0v) is 10.8. The molecule has 0 spiro atoms. The van der Waals surface area contributed by atoms with Crippen molar-refractivity contribution in [1.82, 2.24) is 15.0 Å². The van der Waals surface area contributed by atoms with Crippen LogP contribution in [0.5, 0.6) is 0 Å². The molecule has 1 aromatic heterocycles. The summed E-state index contributed by atoms with van der Waals surface area (Å²) in [5.41, 5.74) is 0.385. The van der Waals surface area contributed by atoms with E-state index in [9.17, 15) is 13.2 Å². The van der Waals surface area contributed by atoms with Crippen molar-refractivity contribution in [3.8, 4) is 0 Å². The Morgan fingerprint density at radius 2 is 2.06 bits per heavy atom. The summed E-state index contributed by atoms with van der Waals surface area (Å²) >= 11 is 0.708. The Kier molecular flexibility index (Phi) is 4.66. The zero-order chi connectivity index (χ0) is 12.2. The number of nitrogens with one attached hydrogen (secondary N) is 3. The number of thiazole rings is 1. The highest BCUT2D eigenvalue weighted by Gasteiger charge is 2.19. The van der Waals surface area contributed by atoms with Crippen LogP contribution >= 0.6 is 11.3 Å². The van der Waals surface area contributed by atoms with Crippen LogP contribution in [0.1, 0.15) is 12.1 Å². The van der Waals surface area contributed by atoms with E-state index >= 15 is 0 Å². The third kappa shape index (κ3) is 3.41. The monoisotopic (exact) mass is 265 g/mol. The maximum atomic E-state index is 11.7. The lowest BCUT2D eigenvalue weighted by molar-refractivity contribution is 0.578. The van der Waals surface area contributed by atoms with Crippen LogP contribution in [-0.4, -0.2) is 33.5 Å². The normalized spacial score (nSPS) is 11.9. The number of rotatable bonds is 6. The minimum absolute atomic E-state index is 0.0713. The molecule has 0 saturated heterocycles. The molecule has 3 N–H and O–H groups in total. The fraction of sp³-hybridized carbons (Fsp3) is 0.625. The van der Waals surface area contributed by atoms with Crippen molar-refractivity contribution < 1.29 is 8.42 Å². The lowest BCUT2D eigenvalue weighted by atomic mass is 10.4. The Morgan fingerprint density at radius 1 is 1.38 bits per heavy atom. The maximum Gasteiger partial charge on any atom is 0.305 e. The van der Waals surface area contributed by atoms with Gasteiger partial charge < -0.3 is 10.3 Å². The van der Waals surface area contributed by atoms with Crippen molar-refractivity contribution >= 4 is 21.4 Å². The number of hydrogen-bond donors (Lipinski definition) is 3. The van der Waals surface area contributed by atoms with Gasteiger partial charge in [0.25, 0.3) is 10.0 Å². The van der Waals surface area contributed by atoms with Crippen LogP contribution in [0.25, 0.3) is 0 Å². The van der Waals surface area contributed by atoms with Crippen LogP contribution in [-0.2, 0) is 10.0 Å². The largest absolute Gasteiger partial charge is 0.320 e. The molecule has 1 heterocycles. The predicted molar refractivity (Wildman–Crippen MR) is 63.4 cm³/mol. The van der Waals surface area contributed by atoms with Crippen molar-refractivity contribution in [3.05, 3.63) is 15.4 Å². The Labute approximate surface area is 98.1 Å². The molecule has 8 heteroatoms. The highest BCUT2D eigenvalue weighted by molar-refractivity contribution is 7.91. The van der Waals surface area contributed by atoms with Gasteiger partial charge in [0.15, 0.2) is 4.21 Å². The van der Waals surface area contributed by atoms with Gasteiger partial charge in [0.1, 0.15) is 0 Å². The van der Waals surface area contributed by atoms with Gasteiger partial charge in [-0.3, -0.25) is 4.79 Å². The molecule has 0 aromatic carbocycles. The van der Waals surface area contributed by atoms with Crippen LogP contribution in [0.15, 0.2) is 9.00 Å². The SMILES string of the molecule is CNCCCNS(=O)(=O)c1sc(=O)[nH]c1C. The molecule has 0 radical (unpaired) electrons. The molecule has 0 bridgehead atoms. The third-order valence-corrected chi connectivity index (χ3v) is 4.99. The minimum Gasteiger partial charge on any atom is -0.320 e. The standard InChI is InChI=1S/C8H15N3O3S2/c1-6-7(15-8(12)11-6)16(13,14)10-5-3-4-9-2/h9-10H,3-5H2,1-2H3,(H,11,12). The smallest absolute Gasteiger partial charge is 0.305 e. The molecule has 0 aliphatic heterocycles. The van der Waals surface area contributed by atoms with E-state index in [1.165, 1.54) is 0 Å². The van der Waals surface area contributed by atoms with E-state index < -0.39 is 10.0 Å². The predicted octanol–water partition coefficient (Wildman–Crippen LogP) is -0.367. The van der Waals surface area contributed by atoms with E-state index in [-0.39, 0.29) is 9.08 Å². The minimum atomic E-state index is -3.54. The van der Waals surface area contributed by atoms with E-state index in [0.717, 1.165) is 6.54 Å². The molecule has 0 fully saturated rings. The van der Waals surface area contributed by atoms with Gasteiger partial charge in [0, 0.05) is 12.2 Å². The Bertz CT molecular complexity index is 489. The zero-order valence-electron chi connectivity index (χ0n) is 9.16. The van der Waals surface area contributed by atoms with Gasteiger partial charge in [-0.15, -0.1) is 0 Å². The van der Waals surface area contributed by atoms with Gasteiger partial charge in [-0.2, -0.15) is 0 Å². The van der Waals surface area contributed by atoms with E-state index in [2.05, 4.69) is 15.0 Å². The third-order valence-electron chi connectivity index (χ3n) is 1.92. The molecule has 16 heavy (non-hydrogen) atoms. The Hall–Kier alpha value is -0.700. The van der Waals surface area contributed by atoms with E-state index in [4.69, 9.17) is 0 Å². The van der Waals surface area contributed by atoms with Crippen LogP contribution in [0, 0.1) is 6.92 Å².